The van der Waals surface area contributed by atoms with Crippen molar-refractivity contribution >= 4 is 30.2 Å². The van der Waals surface area contributed by atoms with Crippen molar-refractivity contribution in [3.63, 3.8) is 0 Å². The van der Waals surface area contributed by atoms with Crippen LogP contribution >= 0.6 is 30.2 Å². The highest BCUT2D eigenvalue weighted by atomic mass is 127. The van der Waals surface area contributed by atoms with E-state index in [1.165, 1.54) is 12.1 Å². The van der Waals surface area contributed by atoms with Crippen LogP contribution in [0, 0.1) is 10.5 Å². The number of benzene rings is 1. The van der Waals surface area contributed by atoms with Gasteiger partial charge < -0.3 is 9.79 Å². The normalized spacial score (nSPS) is 12.9. The van der Waals surface area contributed by atoms with Gasteiger partial charge in [0, 0.05) is 9.13 Å². The molecule has 1 rings (SSSR count). The molecule has 7 heteroatoms. The van der Waals surface area contributed by atoms with Gasteiger partial charge in [-0.1, -0.05) is 17.7 Å². The molecule has 3 nitrogen and oxygen atoms in total. The second-order valence-electron chi connectivity index (χ2n) is 3.07. The van der Waals surface area contributed by atoms with E-state index in [2.05, 4.69) is 0 Å². The average molecular weight is 348 g/mol. The molecule has 0 unspecified atom stereocenters. The molecule has 15 heavy (non-hydrogen) atoms. The van der Waals surface area contributed by atoms with E-state index in [4.69, 9.17) is 9.79 Å². The highest BCUT2D eigenvalue weighted by Gasteiger charge is 2.51. The number of alkyl halides is 2. The monoisotopic (exact) mass is 348 g/mol. The maximum atomic E-state index is 13.3. The Bertz CT molecular complexity index is 430. The first-order valence-electron chi connectivity index (χ1n) is 3.86. The Hall–Kier alpha value is -0.0400. The fourth-order valence-corrected chi connectivity index (χ4v) is 2.75. The highest BCUT2D eigenvalue weighted by Crippen LogP contribution is 2.59. The minimum Gasteiger partial charge on any atom is -0.320 e. The van der Waals surface area contributed by atoms with Crippen molar-refractivity contribution in [3.8, 4) is 0 Å². The molecular formula is C8H8F2IO3P. The predicted molar refractivity (Wildman–Crippen MR) is 59.8 cm³/mol. The molecule has 0 aliphatic rings. The SMILES string of the molecule is Cc1ccc(C(F)(F)P(=O)(O)O)c(I)c1. The standard InChI is InChI=1S/C8H8F2IO3P/c1-5-2-3-6(7(11)4-5)8(9,10)15(12,13)14/h2-4H,1H3,(H2,12,13,14). The van der Waals surface area contributed by atoms with Crippen LogP contribution in [0.4, 0.5) is 8.78 Å². The third-order valence-corrected chi connectivity index (χ3v) is 3.68. The third-order valence-electron chi connectivity index (χ3n) is 1.81. The lowest BCUT2D eigenvalue weighted by Gasteiger charge is -2.19. The Morgan fingerprint density at radius 1 is 1.40 bits per heavy atom. The van der Waals surface area contributed by atoms with E-state index >= 15 is 0 Å². The molecule has 0 aliphatic carbocycles. The van der Waals surface area contributed by atoms with Crippen LogP contribution in [-0.4, -0.2) is 9.79 Å². The Labute approximate surface area is 98.8 Å². The minimum absolute atomic E-state index is 0.140. The van der Waals surface area contributed by atoms with E-state index in [0.29, 0.717) is 0 Å². The Balaban J connectivity index is 3.34. The predicted octanol–water partition coefficient (Wildman–Crippen LogP) is 2.83. The summed E-state index contributed by atoms with van der Waals surface area (Å²) >= 11 is 1.63. The topological polar surface area (TPSA) is 57.5 Å². The van der Waals surface area contributed by atoms with Crippen LogP contribution < -0.4 is 0 Å². The van der Waals surface area contributed by atoms with Gasteiger partial charge in [-0.2, -0.15) is 8.78 Å². The molecule has 1 aromatic carbocycles. The van der Waals surface area contributed by atoms with Gasteiger partial charge in [-0.05, 0) is 35.6 Å². The number of halogens is 3. The lowest BCUT2D eigenvalue weighted by Crippen LogP contribution is -2.15. The fraction of sp³-hybridized carbons (Fsp3) is 0.250. The van der Waals surface area contributed by atoms with Crippen LogP contribution in [-0.2, 0) is 10.2 Å². The summed E-state index contributed by atoms with van der Waals surface area (Å²) in [6, 6.07) is 3.87. The van der Waals surface area contributed by atoms with Crippen LogP contribution in [0.15, 0.2) is 18.2 Å². The molecular weight excluding hydrogens is 340 g/mol. The molecule has 0 spiro atoms. The maximum absolute atomic E-state index is 13.3. The Morgan fingerprint density at radius 3 is 2.33 bits per heavy atom. The van der Waals surface area contributed by atoms with Gasteiger partial charge in [0.15, 0.2) is 0 Å². The summed E-state index contributed by atoms with van der Waals surface area (Å²) in [5.41, 5.74) is -4.01. The van der Waals surface area contributed by atoms with Crippen LogP contribution in [0.1, 0.15) is 11.1 Å². The minimum atomic E-state index is -5.47. The molecule has 0 fully saturated rings. The van der Waals surface area contributed by atoms with Gasteiger partial charge in [-0.3, -0.25) is 4.57 Å². The zero-order valence-corrected chi connectivity index (χ0v) is 10.7. The lowest BCUT2D eigenvalue weighted by atomic mass is 10.1. The molecule has 1 aromatic rings. The molecule has 0 amide bonds. The summed E-state index contributed by atoms with van der Waals surface area (Å²) in [5, 5.41) is 0. The fourth-order valence-electron chi connectivity index (χ4n) is 1.02. The van der Waals surface area contributed by atoms with Crippen molar-refractivity contribution in [2.75, 3.05) is 0 Å². The van der Waals surface area contributed by atoms with E-state index in [1.54, 1.807) is 29.5 Å². The van der Waals surface area contributed by atoms with Gasteiger partial charge in [-0.15, -0.1) is 0 Å². The number of rotatable bonds is 2. The summed E-state index contributed by atoms with van der Waals surface area (Å²) < 4.78 is 37.3. The molecule has 0 saturated heterocycles. The first-order valence-corrected chi connectivity index (χ1v) is 6.55. The summed E-state index contributed by atoms with van der Waals surface area (Å²) in [4.78, 5) is 17.1. The summed E-state index contributed by atoms with van der Waals surface area (Å²) in [7, 11) is -5.47. The molecule has 0 aliphatic heterocycles. The molecule has 0 radical (unpaired) electrons. The van der Waals surface area contributed by atoms with Crippen molar-refractivity contribution in [2.24, 2.45) is 0 Å². The summed E-state index contributed by atoms with van der Waals surface area (Å²) in [6.07, 6.45) is 0. The number of hydrogen-bond acceptors (Lipinski definition) is 1. The molecule has 84 valence electrons. The molecule has 0 saturated carbocycles. The van der Waals surface area contributed by atoms with Crippen molar-refractivity contribution < 1.29 is 23.1 Å². The van der Waals surface area contributed by atoms with E-state index in [-0.39, 0.29) is 3.57 Å². The molecule has 0 atom stereocenters. The number of aryl methyl sites for hydroxylation is 1. The van der Waals surface area contributed by atoms with Crippen LogP contribution in [0.3, 0.4) is 0 Å². The van der Waals surface area contributed by atoms with Crippen LogP contribution in [0.2, 0.25) is 0 Å². The van der Waals surface area contributed by atoms with E-state index in [0.717, 1.165) is 11.6 Å². The van der Waals surface area contributed by atoms with Gasteiger partial charge in [0.2, 0.25) is 0 Å². The number of hydrogen-bond donors (Lipinski definition) is 2. The van der Waals surface area contributed by atoms with Gasteiger partial charge in [0.1, 0.15) is 0 Å². The largest absolute Gasteiger partial charge is 0.399 e. The second-order valence-corrected chi connectivity index (χ2v) is 5.88. The zero-order valence-electron chi connectivity index (χ0n) is 7.62. The van der Waals surface area contributed by atoms with Crippen LogP contribution in [0.5, 0.6) is 0 Å². The van der Waals surface area contributed by atoms with E-state index < -0.39 is 18.8 Å². The first kappa shape index (κ1) is 13.0. The lowest BCUT2D eigenvalue weighted by molar-refractivity contribution is 0.0556. The first-order chi connectivity index (χ1) is 6.66. The summed E-state index contributed by atoms with van der Waals surface area (Å²) in [5.74, 6) is 0. The van der Waals surface area contributed by atoms with Gasteiger partial charge in [0.25, 0.3) is 0 Å². The third kappa shape index (κ3) is 2.55. The summed E-state index contributed by atoms with van der Waals surface area (Å²) in [6.45, 7) is 1.71. The van der Waals surface area contributed by atoms with E-state index in [9.17, 15) is 13.3 Å². The van der Waals surface area contributed by atoms with Gasteiger partial charge >= 0.3 is 13.3 Å². The highest BCUT2D eigenvalue weighted by molar-refractivity contribution is 14.1. The van der Waals surface area contributed by atoms with Crippen LogP contribution in [0.25, 0.3) is 0 Å². The second kappa shape index (κ2) is 4.08. The van der Waals surface area contributed by atoms with Crippen molar-refractivity contribution in [2.45, 2.75) is 12.6 Å². The molecule has 0 bridgehead atoms. The molecule has 0 aromatic heterocycles. The van der Waals surface area contributed by atoms with Crippen molar-refractivity contribution in [3.05, 3.63) is 32.9 Å². The van der Waals surface area contributed by atoms with E-state index in [1.807, 2.05) is 0 Å². The van der Waals surface area contributed by atoms with Crippen molar-refractivity contribution in [1.29, 1.82) is 0 Å². The molecule has 0 heterocycles. The zero-order chi connectivity index (χ0) is 11.9. The van der Waals surface area contributed by atoms with Gasteiger partial charge in [0.05, 0.1) is 0 Å². The smallest absolute Gasteiger partial charge is 0.320 e. The van der Waals surface area contributed by atoms with Gasteiger partial charge in [-0.25, -0.2) is 0 Å². The Kier molecular flexibility index (Phi) is 3.55. The average Bonchev–Trinajstić information content (AvgIpc) is 2.00. The maximum Gasteiger partial charge on any atom is 0.399 e. The molecule has 2 N–H and O–H groups in total. The quantitative estimate of drug-likeness (QED) is 0.638. The Morgan fingerprint density at radius 2 is 1.93 bits per heavy atom. The van der Waals surface area contributed by atoms with Crippen molar-refractivity contribution in [1.82, 2.24) is 0 Å².